The SMILES string of the molecule is CC(N)c1cnc(N(C)CCc2cccs2)s1. The Bertz CT molecular complexity index is 448. The standard InChI is InChI=1S/C12H17N3S2/c1-9(13)11-8-14-12(17-11)15(2)6-5-10-4-3-7-16-10/h3-4,7-9H,5-6,13H2,1-2H3. The minimum absolute atomic E-state index is 0.0759. The van der Waals surface area contributed by atoms with Gasteiger partial charge in [-0.3, -0.25) is 0 Å². The quantitative estimate of drug-likeness (QED) is 0.905. The highest BCUT2D eigenvalue weighted by Crippen LogP contribution is 2.25. The fourth-order valence-corrected chi connectivity index (χ4v) is 3.05. The summed E-state index contributed by atoms with van der Waals surface area (Å²) in [4.78, 5) is 9.15. The number of thiophene rings is 1. The molecule has 0 spiro atoms. The number of nitrogens with zero attached hydrogens (tertiary/aromatic N) is 2. The molecule has 1 unspecified atom stereocenters. The van der Waals surface area contributed by atoms with Gasteiger partial charge in [-0.15, -0.1) is 22.7 Å². The minimum Gasteiger partial charge on any atom is -0.351 e. The number of anilines is 1. The van der Waals surface area contributed by atoms with Crippen molar-refractivity contribution in [2.75, 3.05) is 18.5 Å². The second-order valence-electron chi connectivity index (χ2n) is 4.08. The number of aromatic nitrogens is 1. The predicted molar refractivity (Wildman–Crippen MR) is 76.0 cm³/mol. The number of thiazole rings is 1. The first-order valence-electron chi connectivity index (χ1n) is 5.61. The molecule has 2 aromatic heterocycles. The summed E-state index contributed by atoms with van der Waals surface area (Å²) in [6.45, 7) is 2.98. The Morgan fingerprint density at radius 1 is 1.53 bits per heavy atom. The van der Waals surface area contributed by atoms with Crippen molar-refractivity contribution in [2.24, 2.45) is 5.73 Å². The van der Waals surface area contributed by atoms with Crippen LogP contribution >= 0.6 is 22.7 Å². The van der Waals surface area contributed by atoms with Gasteiger partial charge in [0.1, 0.15) is 0 Å². The van der Waals surface area contributed by atoms with Crippen LogP contribution in [0, 0.1) is 0 Å². The average Bonchev–Trinajstić information content (AvgIpc) is 2.96. The van der Waals surface area contributed by atoms with Gasteiger partial charge in [-0.05, 0) is 24.8 Å². The lowest BCUT2D eigenvalue weighted by Crippen LogP contribution is -2.19. The summed E-state index contributed by atoms with van der Waals surface area (Å²) < 4.78 is 0. The number of rotatable bonds is 5. The molecule has 3 nitrogen and oxygen atoms in total. The van der Waals surface area contributed by atoms with Crippen molar-refractivity contribution in [3.63, 3.8) is 0 Å². The molecule has 92 valence electrons. The van der Waals surface area contributed by atoms with E-state index in [4.69, 9.17) is 5.73 Å². The molecule has 2 heterocycles. The van der Waals surface area contributed by atoms with Crippen molar-refractivity contribution in [1.82, 2.24) is 4.98 Å². The van der Waals surface area contributed by atoms with E-state index in [0.29, 0.717) is 0 Å². The third-order valence-electron chi connectivity index (χ3n) is 2.56. The van der Waals surface area contributed by atoms with Gasteiger partial charge in [-0.2, -0.15) is 0 Å². The molecule has 0 aliphatic carbocycles. The Labute approximate surface area is 110 Å². The molecule has 2 N–H and O–H groups in total. The molecule has 0 aliphatic heterocycles. The third kappa shape index (κ3) is 3.28. The van der Waals surface area contributed by atoms with Crippen LogP contribution in [0.15, 0.2) is 23.7 Å². The van der Waals surface area contributed by atoms with Crippen LogP contribution in [0.1, 0.15) is 22.7 Å². The first-order chi connectivity index (χ1) is 8.16. The summed E-state index contributed by atoms with van der Waals surface area (Å²) >= 11 is 3.49. The molecule has 0 radical (unpaired) electrons. The fourth-order valence-electron chi connectivity index (χ4n) is 1.49. The van der Waals surface area contributed by atoms with Gasteiger partial charge in [0.15, 0.2) is 5.13 Å². The molecule has 0 saturated heterocycles. The lowest BCUT2D eigenvalue weighted by molar-refractivity contribution is 0.834. The van der Waals surface area contributed by atoms with Crippen molar-refractivity contribution in [3.8, 4) is 0 Å². The highest BCUT2D eigenvalue weighted by molar-refractivity contribution is 7.15. The number of nitrogens with two attached hydrogens (primary N) is 1. The van der Waals surface area contributed by atoms with E-state index in [1.54, 1.807) is 22.7 Å². The van der Waals surface area contributed by atoms with Crippen molar-refractivity contribution in [1.29, 1.82) is 0 Å². The molecule has 17 heavy (non-hydrogen) atoms. The zero-order valence-electron chi connectivity index (χ0n) is 10.1. The minimum atomic E-state index is 0.0759. The van der Waals surface area contributed by atoms with Gasteiger partial charge in [0.05, 0.1) is 0 Å². The van der Waals surface area contributed by atoms with Crippen LogP contribution in [-0.2, 0) is 6.42 Å². The molecule has 1 atom stereocenters. The number of hydrogen-bond donors (Lipinski definition) is 1. The van der Waals surface area contributed by atoms with Crippen LogP contribution in [0.3, 0.4) is 0 Å². The molecular formula is C12H17N3S2. The number of likely N-dealkylation sites (N-methyl/N-ethyl adjacent to an activating group) is 1. The Hall–Kier alpha value is -0.910. The Morgan fingerprint density at radius 2 is 2.35 bits per heavy atom. The molecule has 0 saturated carbocycles. The van der Waals surface area contributed by atoms with E-state index in [9.17, 15) is 0 Å². The molecule has 0 amide bonds. The van der Waals surface area contributed by atoms with Crippen molar-refractivity contribution < 1.29 is 0 Å². The predicted octanol–water partition coefficient (Wildman–Crippen LogP) is 2.90. The van der Waals surface area contributed by atoms with Gasteiger partial charge < -0.3 is 10.6 Å². The normalized spacial score (nSPS) is 12.6. The largest absolute Gasteiger partial charge is 0.351 e. The van der Waals surface area contributed by atoms with Crippen LogP contribution in [0.5, 0.6) is 0 Å². The van der Waals surface area contributed by atoms with E-state index in [2.05, 4.69) is 34.4 Å². The average molecular weight is 267 g/mol. The van der Waals surface area contributed by atoms with Crippen LogP contribution in [0.25, 0.3) is 0 Å². The number of hydrogen-bond acceptors (Lipinski definition) is 5. The third-order valence-corrected chi connectivity index (χ3v) is 4.81. The van der Waals surface area contributed by atoms with Gasteiger partial charge >= 0.3 is 0 Å². The first-order valence-corrected chi connectivity index (χ1v) is 7.31. The monoisotopic (exact) mass is 267 g/mol. The van der Waals surface area contributed by atoms with E-state index in [-0.39, 0.29) is 6.04 Å². The van der Waals surface area contributed by atoms with E-state index < -0.39 is 0 Å². The van der Waals surface area contributed by atoms with E-state index in [1.807, 2.05) is 13.1 Å². The molecule has 0 bridgehead atoms. The topological polar surface area (TPSA) is 42.1 Å². The van der Waals surface area contributed by atoms with E-state index >= 15 is 0 Å². The lowest BCUT2D eigenvalue weighted by atomic mass is 10.3. The fraction of sp³-hybridized carbons (Fsp3) is 0.417. The highest BCUT2D eigenvalue weighted by Gasteiger charge is 2.09. The Morgan fingerprint density at radius 3 is 2.94 bits per heavy atom. The van der Waals surface area contributed by atoms with Crippen LogP contribution in [0.2, 0.25) is 0 Å². The van der Waals surface area contributed by atoms with Crippen LogP contribution < -0.4 is 10.6 Å². The zero-order valence-corrected chi connectivity index (χ0v) is 11.7. The first kappa shape index (κ1) is 12.5. The summed E-state index contributed by atoms with van der Waals surface area (Å²) in [5, 5.41) is 3.17. The van der Waals surface area contributed by atoms with Gasteiger partial charge in [-0.1, -0.05) is 6.07 Å². The lowest BCUT2D eigenvalue weighted by Gasteiger charge is -2.14. The second kappa shape index (κ2) is 5.62. The van der Waals surface area contributed by atoms with Crippen LogP contribution in [-0.4, -0.2) is 18.6 Å². The molecule has 0 aliphatic rings. The van der Waals surface area contributed by atoms with Gasteiger partial charge in [-0.25, -0.2) is 4.98 Å². The summed E-state index contributed by atoms with van der Waals surface area (Å²) in [6, 6.07) is 4.35. The molecular weight excluding hydrogens is 250 g/mol. The Balaban J connectivity index is 1.92. The maximum atomic E-state index is 5.83. The van der Waals surface area contributed by atoms with Crippen molar-refractivity contribution in [2.45, 2.75) is 19.4 Å². The molecule has 2 aromatic rings. The maximum absolute atomic E-state index is 5.83. The van der Waals surface area contributed by atoms with E-state index in [1.165, 1.54) is 4.88 Å². The van der Waals surface area contributed by atoms with Crippen molar-refractivity contribution in [3.05, 3.63) is 33.5 Å². The molecule has 2 rings (SSSR count). The molecule has 5 heteroatoms. The molecule has 0 aromatic carbocycles. The summed E-state index contributed by atoms with van der Waals surface area (Å²) in [6.07, 6.45) is 2.95. The maximum Gasteiger partial charge on any atom is 0.185 e. The van der Waals surface area contributed by atoms with Gasteiger partial charge in [0, 0.05) is 35.6 Å². The summed E-state index contributed by atoms with van der Waals surface area (Å²) in [5.41, 5.74) is 5.83. The van der Waals surface area contributed by atoms with E-state index in [0.717, 1.165) is 23.0 Å². The summed E-state index contributed by atoms with van der Waals surface area (Å²) in [5.74, 6) is 0. The molecule has 0 fully saturated rings. The smallest absolute Gasteiger partial charge is 0.185 e. The second-order valence-corrected chi connectivity index (χ2v) is 6.16. The zero-order chi connectivity index (χ0) is 12.3. The Kier molecular flexibility index (Phi) is 4.15. The van der Waals surface area contributed by atoms with Gasteiger partial charge in [0.2, 0.25) is 0 Å². The van der Waals surface area contributed by atoms with Crippen molar-refractivity contribution >= 4 is 27.8 Å². The van der Waals surface area contributed by atoms with Crippen LogP contribution in [0.4, 0.5) is 5.13 Å². The van der Waals surface area contributed by atoms with Gasteiger partial charge in [0.25, 0.3) is 0 Å². The summed E-state index contributed by atoms with van der Waals surface area (Å²) in [7, 11) is 2.08. The highest BCUT2D eigenvalue weighted by atomic mass is 32.1.